The molecular weight excluding hydrogens is 514 g/mol. The number of thiazole rings is 1. The number of carboxylic acids is 1. The van der Waals surface area contributed by atoms with Gasteiger partial charge < -0.3 is 31.1 Å². The number of oxime groups is 1. The molecule has 1 fully saturated rings. The minimum atomic E-state index is -0.606. The summed E-state index contributed by atoms with van der Waals surface area (Å²) in [5.41, 5.74) is 14.1. The number of nitrogens with zero attached hydrogens (tertiary/aromatic N) is 3. The summed E-state index contributed by atoms with van der Waals surface area (Å²) >= 11 is 1.44. The second-order valence-corrected chi connectivity index (χ2v) is 9.14. The fraction of sp³-hybridized carbons (Fsp3) is 0.448. The van der Waals surface area contributed by atoms with Crippen molar-refractivity contribution in [1.82, 2.24) is 9.88 Å². The molecule has 0 atom stereocenters. The van der Waals surface area contributed by atoms with Gasteiger partial charge in [0, 0.05) is 5.56 Å². The molecule has 39 heavy (non-hydrogen) atoms. The lowest BCUT2D eigenvalue weighted by Crippen LogP contribution is -2.43. The predicted molar refractivity (Wildman–Crippen MR) is 166 cm³/mol. The van der Waals surface area contributed by atoms with E-state index in [0.717, 1.165) is 72.4 Å². The van der Waals surface area contributed by atoms with E-state index in [1.165, 1.54) is 18.4 Å². The SMILES string of the molecule is C#C.C=C/C(=C\C)c1cc(/C=N/OC)c2sc(N)nc2c1.C=O.CCN.CCN1CCC(CC)(C(=O)O)CC1. The Kier molecular flexibility index (Phi) is 20.7. The van der Waals surface area contributed by atoms with Gasteiger partial charge in [-0.3, -0.25) is 4.79 Å². The summed E-state index contributed by atoms with van der Waals surface area (Å²) in [4.78, 5) is 30.5. The first-order valence-electron chi connectivity index (χ1n) is 12.6. The normalized spacial score (nSPS) is 14.2. The third-order valence-electron chi connectivity index (χ3n) is 6.09. The molecule has 0 spiro atoms. The average molecular weight is 560 g/mol. The fourth-order valence-corrected chi connectivity index (χ4v) is 4.66. The van der Waals surface area contributed by atoms with Crippen LogP contribution in [0.25, 0.3) is 15.8 Å². The molecule has 5 N–H and O–H groups in total. The van der Waals surface area contributed by atoms with Gasteiger partial charge in [-0.2, -0.15) is 0 Å². The van der Waals surface area contributed by atoms with E-state index in [1.807, 2.05) is 51.8 Å². The molecule has 2 heterocycles. The molecule has 216 valence electrons. The van der Waals surface area contributed by atoms with Gasteiger partial charge in [-0.25, -0.2) is 4.98 Å². The number of aliphatic carboxylic acids is 1. The van der Waals surface area contributed by atoms with Crippen LogP contribution >= 0.6 is 11.3 Å². The lowest BCUT2D eigenvalue weighted by Gasteiger charge is -2.37. The monoisotopic (exact) mass is 559 g/mol. The van der Waals surface area contributed by atoms with E-state index >= 15 is 0 Å². The molecule has 1 aliphatic heterocycles. The summed E-state index contributed by atoms with van der Waals surface area (Å²) in [6.45, 7) is 17.5. The Balaban J connectivity index is 0. The van der Waals surface area contributed by atoms with Crippen molar-refractivity contribution in [1.29, 1.82) is 0 Å². The number of benzene rings is 1. The van der Waals surface area contributed by atoms with Gasteiger partial charge in [0.25, 0.3) is 0 Å². The number of terminal acetylenes is 1. The molecule has 0 saturated carbocycles. The Bertz CT molecular complexity index is 1070. The lowest BCUT2D eigenvalue weighted by atomic mass is 9.76. The maximum Gasteiger partial charge on any atom is 0.309 e. The van der Waals surface area contributed by atoms with Crippen molar-refractivity contribution < 1.29 is 19.5 Å². The Morgan fingerprint density at radius 1 is 1.28 bits per heavy atom. The van der Waals surface area contributed by atoms with Crippen LogP contribution in [0.5, 0.6) is 0 Å². The highest BCUT2D eigenvalue weighted by Gasteiger charge is 2.39. The molecule has 1 aromatic carbocycles. The van der Waals surface area contributed by atoms with Crippen molar-refractivity contribution in [3.63, 3.8) is 0 Å². The first-order chi connectivity index (χ1) is 18.7. The van der Waals surface area contributed by atoms with Gasteiger partial charge in [-0.05, 0) is 75.6 Å². The molecular formula is C29H45N5O4S. The standard InChI is InChI=1S/C14H15N3OS.C10H19NO2.C2H7N.C2H2.CH2O/c1-4-9(5-2)10-6-11(8-16-18-3)13-12(7-10)17-14(15)19-13;1-3-10(9(12)13)5-7-11(4-2)8-6-10;1-2-3;2*1-2/h4-8H,1H2,2-3H3,(H2,15,17);3-8H2,1-2H3,(H,12,13);2-3H2,1H3;1-2H;1H2/b9-5+,16-8+;;;;. The topological polar surface area (TPSA) is 144 Å². The van der Waals surface area contributed by atoms with Crippen LogP contribution in [0.15, 0.2) is 36.0 Å². The van der Waals surface area contributed by atoms with E-state index in [4.69, 9.17) is 26.2 Å². The highest BCUT2D eigenvalue weighted by Crippen LogP contribution is 2.35. The van der Waals surface area contributed by atoms with Gasteiger partial charge in [0.1, 0.15) is 13.9 Å². The summed E-state index contributed by atoms with van der Waals surface area (Å²) in [6.07, 6.45) is 15.9. The number of hydrogen-bond donors (Lipinski definition) is 3. The van der Waals surface area contributed by atoms with Crippen molar-refractivity contribution in [3.8, 4) is 12.8 Å². The zero-order chi connectivity index (χ0) is 30.4. The smallest absolute Gasteiger partial charge is 0.309 e. The third kappa shape index (κ3) is 11.8. The number of fused-ring (bicyclic) bond motifs is 1. The van der Waals surface area contributed by atoms with Crippen LogP contribution in [-0.2, 0) is 14.4 Å². The second kappa shape index (κ2) is 21.4. The zero-order valence-electron chi connectivity index (χ0n) is 24.0. The number of anilines is 1. The van der Waals surface area contributed by atoms with Gasteiger partial charge in [-0.1, -0.05) is 56.0 Å². The summed E-state index contributed by atoms with van der Waals surface area (Å²) in [5.74, 6) is -0.606. The molecule has 2 aromatic rings. The summed E-state index contributed by atoms with van der Waals surface area (Å²) in [5, 5.41) is 13.5. The van der Waals surface area contributed by atoms with Crippen molar-refractivity contribution in [2.24, 2.45) is 16.3 Å². The summed E-state index contributed by atoms with van der Waals surface area (Å²) < 4.78 is 1.00. The molecule has 1 aromatic heterocycles. The number of carbonyl (C=O) groups excluding carboxylic acids is 1. The minimum Gasteiger partial charge on any atom is -0.481 e. The molecule has 10 heteroatoms. The summed E-state index contributed by atoms with van der Waals surface area (Å²) in [6, 6.07) is 4.03. The number of likely N-dealkylation sites (tertiary alicyclic amines) is 1. The van der Waals surface area contributed by atoms with Crippen LogP contribution in [-0.4, -0.2) is 67.3 Å². The molecule has 0 aliphatic carbocycles. The van der Waals surface area contributed by atoms with Gasteiger partial charge >= 0.3 is 5.97 Å². The van der Waals surface area contributed by atoms with Crippen LogP contribution in [0.4, 0.5) is 5.13 Å². The van der Waals surface area contributed by atoms with E-state index < -0.39 is 11.4 Å². The minimum absolute atomic E-state index is 0.425. The third-order valence-corrected chi connectivity index (χ3v) is 7.04. The zero-order valence-corrected chi connectivity index (χ0v) is 24.8. The quantitative estimate of drug-likeness (QED) is 0.185. The van der Waals surface area contributed by atoms with Gasteiger partial charge in [-0.15, -0.1) is 12.8 Å². The largest absolute Gasteiger partial charge is 0.481 e. The Morgan fingerprint density at radius 3 is 2.26 bits per heavy atom. The number of rotatable bonds is 7. The first-order valence-corrected chi connectivity index (χ1v) is 13.4. The molecule has 0 unspecified atom stereocenters. The molecule has 1 aliphatic rings. The van der Waals surface area contributed by atoms with Gasteiger partial charge in [0.05, 0.1) is 21.8 Å². The number of carboxylic acid groups (broad SMARTS) is 1. The number of nitrogens with two attached hydrogens (primary N) is 2. The van der Waals surface area contributed by atoms with Crippen LogP contribution in [0, 0.1) is 18.3 Å². The number of allylic oxidation sites excluding steroid dienone is 3. The van der Waals surface area contributed by atoms with Crippen molar-refractivity contribution in [2.45, 2.75) is 47.0 Å². The molecule has 0 bridgehead atoms. The van der Waals surface area contributed by atoms with Crippen LogP contribution in [0.3, 0.4) is 0 Å². The van der Waals surface area contributed by atoms with E-state index in [1.54, 1.807) is 6.21 Å². The van der Waals surface area contributed by atoms with Crippen molar-refractivity contribution in [2.75, 3.05) is 39.0 Å². The second-order valence-electron chi connectivity index (χ2n) is 8.11. The highest BCUT2D eigenvalue weighted by molar-refractivity contribution is 7.22. The molecule has 3 rings (SSSR count). The highest BCUT2D eigenvalue weighted by atomic mass is 32.1. The van der Waals surface area contributed by atoms with Crippen LogP contribution < -0.4 is 11.5 Å². The molecule has 0 amide bonds. The Morgan fingerprint density at radius 2 is 1.85 bits per heavy atom. The van der Waals surface area contributed by atoms with E-state index in [9.17, 15) is 4.79 Å². The number of hydrogen-bond acceptors (Lipinski definition) is 9. The first kappa shape index (κ1) is 37.6. The predicted octanol–water partition coefficient (Wildman–Crippen LogP) is 5.06. The molecule has 9 nitrogen and oxygen atoms in total. The molecule has 0 radical (unpaired) electrons. The Hall–Kier alpha value is -3.52. The van der Waals surface area contributed by atoms with Crippen molar-refractivity contribution >= 4 is 51.2 Å². The fourth-order valence-electron chi connectivity index (χ4n) is 3.87. The van der Waals surface area contributed by atoms with Crippen LogP contribution in [0.2, 0.25) is 0 Å². The van der Waals surface area contributed by atoms with Crippen LogP contribution in [0.1, 0.15) is 58.1 Å². The summed E-state index contributed by atoms with van der Waals surface area (Å²) in [7, 11) is 1.51. The van der Waals surface area contributed by atoms with Gasteiger partial charge in [0.2, 0.25) is 0 Å². The number of carbonyl (C=O) groups is 2. The number of aromatic nitrogens is 1. The molecule has 1 saturated heterocycles. The van der Waals surface area contributed by atoms with Crippen molar-refractivity contribution in [3.05, 3.63) is 42.0 Å². The average Bonchev–Trinajstić information content (AvgIpc) is 3.35. The number of nitrogen functional groups attached to an aromatic ring is 1. The lowest BCUT2D eigenvalue weighted by molar-refractivity contribution is -0.152. The van der Waals surface area contributed by atoms with E-state index in [2.05, 4.69) is 41.4 Å². The maximum absolute atomic E-state index is 11.1. The van der Waals surface area contributed by atoms with E-state index in [-0.39, 0.29) is 0 Å². The van der Waals surface area contributed by atoms with Gasteiger partial charge in [0.15, 0.2) is 5.13 Å². The Labute approximate surface area is 237 Å². The maximum atomic E-state index is 11.1. The van der Waals surface area contributed by atoms with E-state index in [0.29, 0.717) is 5.13 Å². The number of piperidine rings is 1.